The van der Waals surface area contributed by atoms with Crippen LogP contribution in [0.25, 0.3) is 0 Å². The number of ether oxygens (including phenoxy) is 1. The van der Waals surface area contributed by atoms with Gasteiger partial charge in [0.15, 0.2) is 0 Å². The van der Waals surface area contributed by atoms with E-state index in [1.54, 1.807) is 11.8 Å². The van der Waals surface area contributed by atoms with Crippen LogP contribution in [0.1, 0.15) is 6.92 Å². The van der Waals surface area contributed by atoms with Crippen LogP contribution >= 0.6 is 15.9 Å². The average Bonchev–Trinajstić information content (AvgIpc) is 2.03. The summed E-state index contributed by atoms with van der Waals surface area (Å²) in [6.07, 6.45) is -0.559. The molecule has 13 heavy (non-hydrogen) atoms. The van der Waals surface area contributed by atoms with Crippen molar-refractivity contribution in [2.45, 2.75) is 23.9 Å². The lowest BCUT2D eigenvalue weighted by molar-refractivity contribution is -0.127. The summed E-state index contributed by atoms with van der Waals surface area (Å²) in [5.41, 5.74) is 0. The smallest absolute Gasteiger partial charge is 0.410 e. The highest BCUT2D eigenvalue weighted by Gasteiger charge is 2.60. The predicted octanol–water partition coefficient (Wildman–Crippen LogP) is 0.581. The van der Waals surface area contributed by atoms with Crippen LogP contribution in [0.5, 0.6) is 0 Å². The molecule has 4 nitrogen and oxygen atoms in total. The van der Waals surface area contributed by atoms with Gasteiger partial charge in [-0.2, -0.15) is 0 Å². The second-order valence-electron chi connectivity index (χ2n) is 3.44. The van der Waals surface area contributed by atoms with Crippen molar-refractivity contribution in [1.82, 2.24) is 4.90 Å². The zero-order valence-electron chi connectivity index (χ0n) is 7.31. The number of carbonyl (C=O) groups is 1. The van der Waals surface area contributed by atoms with Crippen molar-refractivity contribution in [2.24, 2.45) is 5.92 Å². The first-order chi connectivity index (χ1) is 6.16. The third-order valence-corrected chi connectivity index (χ3v) is 3.88. The largest absolute Gasteiger partial charge is 0.450 e. The molecule has 2 aliphatic rings. The lowest BCUT2D eigenvalue weighted by Crippen LogP contribution is -2.76. The topological polar surface area (TPSA) is 49.8 Å². The molecule has 1 amide bonds. The summed E-state index contributed by atoms with van der Waals surface area (Å²) < 4.78 is 4.87. The maximum Gasteiger partial charge on any atom is 0.410 e. The van der Waals surface area contributed by atoms with E-state index in [9.17, 15) is 9.90 Å². The summed E-state index contributed by atoms with van der Waals surface area (Å²) in [4.78, 5) is 13.0. The van der Waals surface area contributed by atoms with Crippen LogP contribution in [0.3, 0.4) is 0 Å². The van der Waals surface area contributed by atoms with E-state index in [0.717, 1.165) is 0 Å². The van der Waals surface area contributed by atoms with Gasteiger partial charge in [0.1, 0.15) is 0 Å². The van der Waals surface area contributed by atoms with Gasteiger partial charge in [0.2, 0.25) is 0 Å². The Bertz CT molecular complexity index is 229. The van der Waals surface area contributed by atoms with E-state index < -0.39 is 0 Å². The second-order valence-corrected chi connectivity index (χ2v) is 4.50. The summed E-state index contributed by atoms with van der Waals surface area (Å²) >= 11 is 3.34. The van der Waals surface area contributed by atoms with Crippen LogP contribution < -0.4 is 0 Å². The molecule has 0 radical (unpaired) electrons. The van der Waals surface area contributed by atoms with Crippen LogP contribution in [-0.2, 0) is 4.74 Å². The fraction of sp³-hybridized carbons (Fsp3) is 0.875. The van der Waals surface area contributed by atoms with Crippen LogP contribution in [0.2, 0.25) is 0 Å². The van der Waals surface area contributed by atoms with E-state index in [1.165, 1.54) is 0 Å². The van der Waals surface area contributed by atoms with Gasteiger partial charge in [-0.25, -0.2) is 4.79 Å². The molecule has 5 heteroatoms. The molecular weight excluding hydrogens is 238 g/mol. The van der Waals surface area contributed by atoms with E-state index in [-0.39, 0.29) is 29.0 Å². The highest BCUT2D eigenvalue weighted by Crippen LogP contribution is 2.46. The number of hydrogen-bond acceptors (Lipinski definition) is 3. The summed E-state index contributed by atoms with van der Waals surface area (Å²) in [5.74, 6) is 0.258. The Balaban J connectivity index is 1.90. The number of piperidine rings is 1. The van der Waals surface area contributed by atoms with Gasteiger partial charge < -0.3 is 14.7 Å². The third kappa shape index (κ3) is 1.17. The minimum atomic E-state index is -0.296. The summed E-state index contributed by atoms with van der Waals surface area (Å²) in [6.45, 7) is 2.82. The number of fused-ring (bicyclic) bond motifs is 1. The Hall–Kier alpha value is -0.290. The predicted molar refractivity (Wildman–Crippen MR) is 49.7 cm³/mol. The van der Waals surface area contributed by atoms with Gasteiger partial charge in [0.25, 0.3) is 0 Å². The second kappa shape index (κ2) is 3.13. The molecule has 0 aromatic carbocycles. The van der Waals surface area contributed by atoms with Gasteiger partial charge in [-0.15, -0.1) is 0 Å². The summed E-state index contributed by atoms with van der Waals surface area (Å²) in [5, 5.41) is 9.41. The first-order valence-corrected chi connectivity index (χ1v) is 5.34. The molecule has 0 aromatic rings. The molecule has 0 unspecified atom stereocenters. The Morgan fingerprint density at radius 3 is 3.00 bits per heavy atom. The van der Waals surface area contributed by atoms with E-state index in [0.29, 0.717) is 13.2 Å². The van der Waals surface area contributed by atoms with Crippen molar-refractivity contribution in [1.29, 1.82) is 0 Å². The zero-order valence-corrected chi connectivity index (χ0v) is 8.90. The number of aliphatic hydroxyl groups excluding tert-OH is 1. The quantitative estimate of drug-likeness (QED) is 0.692. The lowest BCUT2D eigenvalue weighted by Gasteiger charge is -2.60. The van der Waals surface area contributed by atoms with E-state index in [4.69, 9.17) is 4.74 Å². The van der Waals surface area contributed by atoms with E-state index in [2.05, 4.69) is 15.9 Å². The number of carbonyl (C=O) groups excluding carboxylic acids is 1. The summed E-state index contributed by atoms with van der Waals surface area (Å²) in [6, 6.07) is 0.147. The molecule has 2 rings (SSSR count). The highest BCUT2D eigenvalue weighted by molar-refractivity contribution is 9.09. The van der Waals surface area contributed by atoms with Crippen molar-refractivity contribution in [3.63, 3.8) is 0 Å². The van der Waals surface area contributed by atoms with Gasteiger partial charge in [-0.1, -0.05) is 15.9 Å². The van der Waals surface area contributed by atoms with Crippen LogP contribution in [0, 0.1) is 5.92 Å². The molecule has 1 heterocycles. The first-order valence-electron chi connectivity index (χ1n) is 4.42. The number of alkyl halides is 1. The van der Waals surface area contributed by atoms with Gasteiger partial charge in [0.05, 0.1) is 23.6 Å². The van der Waals surface area contributed by atoms with Gasteiger partial charge in [-0.05, 0) is 6.92 Å². The standard InChI is InChI=1S/C8H12BrNO3/c1-2-13-8(12)10-3-4-6(10)5(9)7(4)11/h4-7,11H,2-3H2,1H3/t4-,5-,6+,7-/m0/s1. The van der Waals surface area contributed by atoms with Crippen molar-refractivity contribution >= 4 is 22.0 Å². The molecule has 1 N–H and O–H groups in total. The third-order valence-electron chi connectivity index (χ3n) is 2.80. The average molecular weight is 250 g/mol. The molecule has 1 saturated heterocycles. The Labute approximate surface area is 85.0 Å². The van der Waals surface area contributed by atoms with Crippen molar-refractivity contribution in [2.75, 3.05) is 13.2 Å². The minimum Gasteiger partial charge on any atom is -0.450 e. The summed E-state index contributed by atoms with van der Waals surface area (Å²) in [7, 11) is 0. The molecule has 1 saturated carbocycles. The molecule has 1 aliphatic heterocycles. The maximum atomic E-state index is 11.3. The SMILES string of the molecule is CCOC(=O)N1C[C@@H]2[C@H](O)[C@@H](Br)[C@@H]21. The molecule has 0 spiro atoms. The van der Waals surface area contributed by atoms with Crippen LogP contribution in [0.4, 0.5) is 4.79 Å². The van der Waals surface area contributed by atoms with Crippen LogP contribution in [-0.4, -0.2) is 46.2 Å². The van der Waals surface area contributed by atoms with Crippen LogP contribution in [0.15, 0.2) is 0 Å². The van der Waals surface area contributed by atoms with Crippen molar-refractivity contribution in [3.05, 3.63) is 0 Å². The normalized spacial score (nSPS) is 41.6. The lowest BCUT2D eigenvalue weighted by atomic mass is 9.69. The Kier molecular flexibility index (Phi) is 2.23. The number of hydrogen-bond donors (Lipinski definition) is 1. The number of halogens is 1. The van der Waals surface area contributed by atoms with Gasteiger partial charge >= 0.3 is 6.09 Å². The molecular formula is C8H12BrNO3. The molecule has 0 aromatic heterocycles. The molecule has 74 valence electrons. The molecule has 1 aliphatic carbocycles. The number of aliphatic hydroxyl groups is 1. The van der Waals surface area contributed by atoms with Crippen molar-refractivity contribution in [3.8, 4) is 0 Å². The monoisotopic (exact) mass is 249 g/mol. The fourth-order valence-electron chi connectivity index (χ4n) is 1.96. The van der Waals surface area contributed by atoms with Crippen molar-refractivity contribution < 1.29 is 14.6 Å². The number of likely N-dealkylation sites (tertiary alicyclic amines) is 1. The molecule has 4 atom stereocenters. The number of rotatable bonds is 1. The molecule has 0 bridgehead atoms. The highest BCUT2D eigenvalue weighted by atomic mass is 79.9. The first kappa shape index (κ1) is 9.27. The Morgan fingerprint density at radius 2 is 2.46 bits per heavy atom. The Morgan fingerprint density at radius 1 is 1.77 bits per heavy atom. The van der Waals surface area contributed by atoms with E-state index >= 15 is 0 Å². The zero-order chi connectivity index (χ0) is 9.59. The number of nitrogens with zero attached hydrogens (tertiary/aromatic N) is 1. The van der Waals surface area contributed by atoms with E-state index in [1.807, 2.05) is 0 Å². The fourth-order valence-corrected chi connectivity index (χ4v) is 3.03. The number of amides is 1. The maximum absolute atomic E-state index is 11.3. The molecule has 2 fully saturated rings. The van der Waals surface area contributed by atoms with Gasteiger partial charge in [-0.3, -0.25) is 0 Å². The van der Waals surface area contributed by atoms with Gasteiger partial charge in [0, 0.05) is 12.5 Å². The minimum absolute atomic E-state index is 0.0238.